The van der Waals surface area contributed by atoms with Gasteiger partial charge in [-0.3, -0.25) is 14.2 Å². The molecule has 1 aliphatic rings. The van der Waals surface area contributed by atoms with Gasteiger partial charge in [0.25, 0.3) is 11.5 Å². The Labute approximate surface area is 258 Å². The molecule has 2 heterocycles. The van der Waals surface area contributed by atoms with E-state index in [1.807, 2.05) is 79.7 Å². The standard InChI is InChI=1S/C35H31N3O5S/c1-20-10-6-9-13-26(20)37-33(39)31-21(2)36-35-38(32(31)23-15-17-28(42-4)29(18-23)43-5)34(40)30(44-35)19-25-24-12-8-7-11-22(24)14-16-27(25)41-3/h6-19,32H,1-5H3,(H,37,39)/b30-19+. The monoisotopic (exact) mass is 605 g/mol. The number of hydrogen-bond donors (Lipinski definition) is 1. The first kappa shape index (κ1) is 28.9. The van der Waals surface area contributed by atoms with E-state index >= 15 is 0 Å². The minimum Gasteiger partial charge on any atom is -0.496 e. The first-order chi connectivity index (χ1) is 21.3. The van der Waals surface area contributed by atoms with Crippen LogP contribution in [0.1, 0.15) is 29.7 Å². The zero-order chi connectivity index (χ0) is 31.0. The lowest BCUT2D eigenvalue weighted by molar-refractivity contribution is -0.113. The van der Waals surface area contributed by atoms with Crippen molar-refractivity contribution < 1.29 is 19.0 Å². The fourth-order valence-corrected chi connectivity index (χ4v) is 6.61. The molecule has 1 N–H and O–H groups in total. The van der Waals surface area contributed by atoms with Crippen LogP contribution >= 0.6 is 11.3 Å². The molecule has 0 saturated heterocycles. The summed E-state index contributed by atoms with van der Waals surface area (Å²) in [6, 6.07) is 24.1. The molecule has 1 amide bonds. The normalized spacial score (nSPS) is 14.7. The first-order valence-corrected chi connectivity index (χ1v) is 14.8. The molecule has 0 spiro atoms. The van der Waals surface area contributed by atoms with Crippen molar-refractivity contribution in [1.82, 2.24) is 4.57 Å². The van der Waals surface area contributed by atoms with E-state index in [9.17, 15) is 9.59 Å². The number of ether oxygens (including phenoxy) is 3. The number of nitrogens with one attached hydrogen (secondary N) is 1. The lowest BCUT2D eigenvalue weighted by Crippen LogP contribution is -2.40. The molecule has 1 unspecified atom stereocenters. The number of carbonyl (C=O) groups is 1. The van der Waals surface area contributed by atoms with Gasteiger partial charge >= 0.3 is 0 Å². The molecule has 0 radical (unpaired) electrons. The van der Waals surface area contributed by atoms with Gasteiger partial charge in [0.05, 0.1) is 43.2 Å². The van der Waals surface area contributed by atoms with Crippen LogP contribution < -0.4 is 34.4 Å². The number of thiazole rings is 1. The molecule has 6 rings (SSSR count). The predicted molar refractivity (Wildman–Crippen MR) is 174 cm³/mol. The predicted octanol–water partition coefficient (Wildman–Crippen LogP) is 5.36. The van der Waals surface area contributed by atoms with Gasteiger partial charge < -0.3 is 19.5 Å². The number of allylic oxidation sites excluding steroid dienone is 1. The van der Waals surface area contributed by atoms with Crippen LogP contribution in [0.15, 0.2) is 99.9 Å². The number of benzene rings is 4. The van der Waals surface area contributed by atoms with Crippen LogP contribution in [0.3, 0.4) is 0 Å². The van der Waals surface area contributed by atoms with E-state index in [-0.39, 0.29) is 11.5 Å². The molecule has 9 heteroatoms. The summed E-state index contributed by atoms with van der Waals surface area (Å²) in [7, 11) is 4.73. The van der Waals surface area contributed by atoms with Gasteiger partial charge in [-0.1, -0.05) is 65.9 Å². The van der Waals surface area contributed by atoms with Gasteiger partial charge in [-0.25, -0.2) is 4.99 Å². The van der Waals surface area contributed by atoms with E-state index in [0.29, 0.717) is 49.1 Å². The summed E-state index contributed by atoms with van der Waals surface area (Å²) in [6.07, 6.45) is 1.85. The van der Waals surface area contributed by atoms with E-state index in [0.717, 1.165) is 21.9 Å². The first-order valence-electron chi connectivity index (χ1n) is 14.0. The highest BCUT2D eigenvalue weighted by Gasteiger charge is 2.33. The number of amides is 1. The number of anilines is 1. The van der Waals surface area contributed by atoms with Gasteiger partial charge in [0, 0.05) is 11.3 Å². The molecule has 0 saturated carbocycles. The maximum absolute atomic E-state index is 14.3. The number of para-hydroxylation sites is 1. The molecular formula is C35H31N3O5S. The minimum absolute atomic E-state index is 0.266. The number of nitrogens with zero attached hydrogens (tertiary/aromatic N) is 2. The van der Waals surface area contributed by atoms with Crippen LogP contribution in [0.5, 0.6) is 17.2 Å². The van der Waals surface area contributed by atoms with Gasteiger partial charge in [0.2, 0.25) is 0 Å². The van der Waals surface area contributed by atoms with Crippen LogP contribution in [-0.4, -0.2) is 31.8 Å². The fraction of sp³-hybridized carbons (Fsp3) is 0.171. The number of carbonyl (C=O) groups excluding carboxylic acids is 1. The molecule has 222 valence electrons. The maximum Gasteiger partial charge on any atom is 0.271 e. The number of methoxy groups -OCH3 is 3. The van der Waals surface area contributed by atoms with Crippen molar-refractivity contribution in [3.63, 3.8) is 0 Å². The van der Waals surface area contributed by atoms with Crippen LogP contribution in [0.25, 0.3) is 16.8 Å². The summed E-state index contributed by atoms with van der Waals surface area (Å²) in [4.78, 5) is 33.6. The zero-order valence-corrected chi connectivity index (χ0v) is 25.8. The Bertz CT molecular complexity index is 2140. The third kappa shape index (κ3) is 5.05. The Kier molecular flexibility index (Phi) is 7.80. The Balaban J connectivity index is 1.58. The van der Waals surface area contributed by atoms with Gasteiger partial charge in [-0.05, 0) is 66.1 Å². The average molecular weight is 606 g/mol. The number of aromatic nitrogens is 1. The summed E-state index contributed by atoms with van der Waals surface area (Å²) in [6.45, 7) is 3.73. The second kappa shape index (κ2) is 11.9. The van der Waals surface area contributed by atoms with Crippen molar-refractivity contribution in [3.05, 3.63) is 127 Å². The largest absolute Gasteiger partial charge is 0.496 e. The fourth-order valence-electron chi connectivity index (χ4n) is 5.59. The van der Waals surface area contributed by atoms with Gasteiger partial charge in [0.1, 0.15) is 5.75 Å². The number of aryl methyl sites for hydroxylation is 1. The van der Waals surface area contributed by atoms with Crippen LogP contribution in [-0.2, 0) is 4.79 Å². The molecule has 8 nitrogen and oxygen atoms in total. The van der Waals surface area contributed by atoms with Gasteiger partial charge in [-0.15, -0.1) is 0 Å². The number of fused-ring (bicyclic) bond motifs is 2. The van der Waals surface area contributed by atoms with Crippen LogP contribution in [0.2, 0.25) is 0 Å². The summed E-state index contributed by atoms with van der Waals surface area (Å²) in [5.41, 5.74) is 3.70. The smallest absolute Gasteiger partial charge is 0.271 e. The van der Waals surface area contributed by atoms with Crippen molar-refractivity contribution in [1.29, 1.82) is 0 Å². The lowest BCUT2D eigenvalue weighted by Gasteiger charge is -2.26. The number of rotatable bonds is 7. The van der Waals surface area contributed by atoms with E-state index in [4.69, 9.17) is 19.2 Å². The van der Waals surface area contributed by atoms with Crippen molar-refractivity contribution >= 4 is 39.8 Å². The van der Waals surface area contributed by atoms with Crippen molar-refractivity contribution in [2.45, 2.75) is 19.9 Å². The van der Waals surface area contributed by atoms with Gasteiger partial charge in [0.15, 0.2) is 16.3 Å². The van der Waals surface area contributed by atoms with Crippen LogP contribution in [0, 0.1) is 6.92 Å². The second-order valence-corrected chi connectivity index (χ2v) is 11.4. The Morgan fingerprint density at radius 3 is 2.34 bits per heavy atom. The molecule has 1 aliphatic heterocycles. The van der Waals surface area contributed by atoms with E-state index in [1.165, 1.54) is 11.3 Å². The SMILES string of the molecule is COc1ccc(C2C(C(=O)Nc3ccccc3C)=C(C)N=c3s/c(=C/c4c(OC)ccc5ccccc45)c(=O)n32)cc1OC. The summed E-state index contributed by atoms with van der Waals surface area (Å²) >= 11 is 1.28. The zero-order valence-electron chi connectivity index (χ0n) is 25.0. The molecule has 44 heavy (non-hydrogen) atoms. The highest BCUT2D eigenvalue weighted by molar-refractivity contribution is 7.07. The minimum atomic E-state index is -0.772. The van der Waals surface area contributed by atoms with Crippen molar-refractivity contribution in [3.8, 4) is 17.2 Å². The molecule has 4 aromatic carbocycles. The molecule has 0 aliphatic carbocycles. The molecule has 1 atom stereocenters. The quantitative estimate of drug-likeness (QED) is 0.270. The Hall–Kier alpha value is -5.15. The molecule has 5 aromatic rings. The van der Waals surface area contributed by atoms with Crippen molar-refractivity contribution in [2.75, 3.05) is 26.6 Å². The molecule has 0 fully saturated rings. The summed E-state index contributed by atoms with van der Waals surface area (Å²) in [5, 5.41) is 5.04. The molecule has 1 aromatic heterocycles. The van der Waals surface area contributed by atoms with Crippen molar-refractivity contribution in [2.24, 2.45) is 4.99 Å². The number of hydrogen-bond acceptors (Lipinski definition) is 7. The third-order valence-corrected chi connectivity index (χ3v) is 8.79. The van der Waals surface area contributed by atoms with Gasteiger partial charge in [-0.2, -0.15) is 0 Å². The van der Waals surface area contributed by atoms with E-state index in [2.05, 4.69) is 5.32 Å². The third-order valence-electron chi connectivity index (χ3n) is 7.81. The Morgan fingerprint density at radius 2 is 1.59 bits per heavy atom. The summed E-state index contributed by atoms with van der Waals surface area (Å²) < 4.78 is 18.8. The highest BCUT2D eigenvalue weighted by Crippen LogP contribution is 2.36. The Morgan fingerprint density at radius 1 is 0.886 bits per heavy atom. The lowest BCUT2D eigenvalue weighted by atomic mass is 9.94. The van der Waals surface area contributed by atoms with Crippen LogP contribution in [0.4, 0.5) is 5.69 Å². The second-order valence-electron chi connectivity index (χ2n) is 10.4. The topological polar surface area (TPSA) is 91.2 Å². The maximum atomic E-state index is 14.3. The van der Waals surface area contributed by atoms with E-state index in [1.54, 1.807) is 45.0 Å². The van der Waals surface area contributed by atoms with E-state index < -0.39 is 6.04 Å². The highest BCUT2D eigenvalue weighted by atomic mass is 32.1. The average Bonchev–Trinajstić information content (AvgIpc) is 3.34. The summed E-state index contributed by atoms with van der Waals surface area (Å²) in [5.74, 6) is 1.34. The molecule has 0 bridgehead atoms. The molecular weight excluding hydrogens is 574 g/mol.